The molecule has 0 aliphatic heterocycles. The first-order valence-corrected chi connectivity index (χ1v) is 10.8. The molecule has 0 amide bonds. The molecule has 2 aromatic carbocycles. The van der Waals surface area contributed by atoms with Crippen LogP contribution in [0.3, 0.4) is 0 Å². The fourth-order valence-corrected chi connectivity index (χ4v) is 4.03. The number of hydrogen-bond acceptors (Lipinski definition) is 4. The summed E-state index contributed by atoms with van der Waals surface area (Å²) in [6.45, 7) is 0.401. The molecule has 0 saturated heterocycles. The zero-order chi connectivity index (χ0) is 23.1. The van der Waals surface area contributed by atoms with Crippen LogP contribution in [0.1, 0.15) is 23.2 Å². The van der Waals surface area contributed by atoms with E-state index in [1.807, 2.05) is 30.3 Å². The lowest BCUT2D eigenvalue weighted by atomic mass is 10.0. The quantitative estimate of drug-likeness (QED) is 0.388. The zero-order valence-corrected chi connectivity index (χ0v) is 18.6. The van der Waals surface area contributed by atoms with Crippen LogP contribution in [0, 0.1) is 0 Å². The maximum absolute atomic E-state index is 11.9. The molecule has 3 rings (SSSR count). The van der Waals surface area contributed by atoms with Crippen LogP contribution in [0.2, 0.25) is 10.0 Å². The Morgan fingerprint density at radius 2 is 1.62 bits per heavy atom. The van der Waals surface area contributed by atoms with Gasteiger partial charge in [0, 0.05) is 34.9 Å². The van der Waals surface area contributed by atoms with Crippen LogP contribution >= 0.6 is 23.2 Å². The summed E-state index contributed by atoms with van der Waals surface area (Å²) in [6, 6.07) is 12.6. The summed E-state index contributed by atoms with van der Waals surface area (Å²) in [5, 5.41) is 23.1. The van der Waals surface area contributed by atoms with Gasteiger partial charge in [-0.15, -0.1) is 0 Å². The molecule has 1 aromatic heterocycles. The van der Waals surface area contributed by atoms with E-state index in [9.17, 15) is 19.8 Å². The minimum Gasteiger partial charge on any atom is -0.480 e. The van der Waals surface area contributed by atoms with E-state index < -0.39 is 24.0 Å². The van der Waals surface area contributed by atoms with Crippen molar-refractivity contribution in [3.63, 3.8) is 0 Å². The van der Waals surface area contributed by atoms with Crippen LogP contribution in [0.25, 0.3) is 0 Å². The van der Waals surface area contributed by atoms with E-state index >= 15 is 0 Å². The number of rotatable bonds is 11. The molecule has 0 fully saturated rings. The Labute approximate surface area is 195 Å². The second-order valence-electron chi connectivity index (χ2n) is 7.47. The average molecular weight is 476 g/mol. The average Bonchev–Trinajstić information content (AvgIpc) is 3.16. The number of carboxylic acid groups (broad SMARTS) is 2. The smallest absolute Gasteiger partial charge is 0.321 e. The number of carbonyl (C=O) groups is 2. The van der Waals surface area contributed by atoms with Gasteiger partial charge in [0.05, 0.1) is 6.33 Å². The number of imidazole rings is 1. The minimum atomic E-state index is -1.13. The second kappa shape index (κ2) is 11.1. The first-order valence-electron chi connectivity index (χ1n) is 10.0. The molecule has 0 radical (unpaired) electrons. The Morgan fingerprint density at radius 3 is 2.25 bits per heavy atom. The molecule has 1 heterocycles. The molecule has 32 heavy (non-hydrogen) atoms. The van der Waals surface area contributed by atoms with Crippen LogP contribution in [0.5, 0.6) is 0 Å². The molecule has 3 aromatic rings. The third-order valence-corrected chi connectivity index (χ3v) is 5.49. The lowest BCUT2D eigenvalue weighted by Crippen LogP contribution is -2.48. The van der Waals surface area contributed by atoms with Gasteiger partial charge >= 0.3 is 11.9 Å². The Balaban J connectivity index is 1.70. The molecule has 7 nitrogen and oxygen atoms in total. The van der Waals surface area contributed by atoms with E-state index in [0.29, 0.717) is 28.7 Å². The number of hydrogen-bond donors (Lipinski definition) is 3. The molecule has 2 atom stereocenters. The highest BCUT2D eigenvalue weighted by Gasteiger charge is 2.27. The van der Waals surface area contributed by atoms with E-state index in [1.165, 1.54) is 0 Å². The monoisotopic (exact) mass is 475 g/mol. The fraction of sp³-hybridized carbons (Fsp3) is 0.261. The number of nitrogens with one attached hydrogen (secondary N) is 1. The third-order valence-electron chi connectivity index (χ3n) is 5.05. The number of nitrogens with zero attached hydrogens (tertiary/aromatic N) is 2. The fourth-order valence-electron chi connectivity index (χ4n) is 3.46. The second-order valence-corrected chi connectivity index (χ2v) is 8.34. The Hall–Kier alpha value is -2.87. The molecule has 3 N–H and O–H groups in total. The molecule has 9 heteroatoms. The molecule has 0 aliphatic rings. The normalized spacial score (nSPS) is 12.9. The zero-order valence-electron chi connectivity index (χ0n) is 17.1. The highest BCUT2D eigenvalue weighted by atomic mass is 35.5. The van der Waals surface area contributed by atoms with Gasteiger partial charge in [0.2, 0.25) is 0 Å². The van der Waals surface area contributed by atoms with Gasteiger partial charge in [-0.2, -0.15) is 0 Å². The summed E-state index contributed by atoms with van der Waals surface area (Å²) in [5.74, 6) is -2.22. The summed E-state index contributed by atoms with van der Waals surface area (Å²) in [6.07, 6.45) is 4.02. The van der Waals surface area contributed by atoms with Crippen LogP contribution in [0.15, 0.2) is 61.1 Å². The van der Waals surface area contributed by atoms with Gasteiger partial charge in [-0.05, 0) is 42.2 Å². The Morgan fingerprint density at radius 1 is 0.969 bits per heavy atom. The van der Waals surface area contributed by atoms with Gasteiger partial charge in [-0.1, -0.05) is 53.5 Å². The lowest BCUT2D eigenvalue weighted by molar-refractivity contribution is -0.142. The highest BCUT2D eigenvalue weighted by molar-refractivity contribution is 6.34. The van der Waals surface area contributed by atoms with Crippen molar-refractivity contribution in [1.29, 1.82) is 0 Å². The maximum Gasteiger partial charge on any atom is 0.321 e. The summed E-state index contributed by atoms with van der Waals surface area (Å²) in [4.78, 5) is 27.8. The van der Waals surface area contributed by atoms with Crippen molar-refractivity contribution in [2.45, 2.75) is 37.9 Å². The molecule has 0 spiro atoms. The highest BCUT2D eigenvalue weighted by Crippen LogP contribution is 2.20. The first-order chi connectivity index (χ1) is 15.3. The van der Waals surface area contributed by atoms with Gasteiger partial charge in [0.1, 0.15) is 12.1 Å². The van der Waals surface area contributed by atoms with E-state index in [1.54, 1.807) is 35.3 Å². The van der Waals surface area contributed by atoms with E-state index in [0.717, 1.165) is 11.1 Å². The van der Waals surface area contributed by atoms with Gasteiger partial charge in [0.15, 0.2) is 0 Å². The molecule has 0 saturated carbocycles. The standard InChI is InChI=1S/C23H23Cl2N3O4/c24-17-8-16(9-18(25)10-17)13-28-14-26-12-19(28)11-21(23(31)32)27-20(22(29)30)7-6-15-4-2-1-3-5-15/h1-5,8-10,12,14,20-21,27H,6-7,11,13H2,(H,29,30)(H,31,32)/t20-,21+/m1/s1. The molecule has 0 unspecified atom stereocenters. The number of aromatic nitrogens is 2. The van der Waals surface area contributed by atoms with Crippen molar-refractivity contribution >= 4 is 35.1 Å². The van der Waals surface area contributed by atoms with Gasteiger partial charge < -0.3 is 14.8 Å². The van der Waals surface area contributed by atoms with Crippen molar-refractivity contribution < 1.29 is 19.8 Å². The minimum absolute atomic E-state index is 0.0682. The number of carboxylic acids is 2. The Bertz CT molecular complexity index is 1050. The number of aliphatic carboxylic acids is 2. The molecular formula is C23H23Cl2N3O4. The third kappa shape index (κ3) is 6.82. The molecule has 0 aliphatic carbocycles. The van der Waals surface area contributed by atoms with E-state index in [-0.39, 0.29) is 12.8 Å². The summed E-state index contributed by atoms with van der Waals surface area (Å²) >= 11 is 12.1. The van der Waals surface area contributed by atoms with Crippen molar-refractivity contribution in [3.05, 3.63) is 87.9 Å². The van der Waals surface area contributed by atoms with Gasteiger partial charge in [-0.3, -0.25) is 14.9 Å². The van der Waals surface area contributed by atoms with Crippen molar-refractivity contribution in [2.24, 2.45) is 0 Å². The summed E-state index contributed by atoms with van der Waals surface area (Å²) in [7, 11) is 0. The molecular weight excluding hydrogens is 453 g/mol. The number of halogens is 2. The molecule has 168 valence electrons. The largest absolute Gasteiger partial charge is 0.480 e. The lowest BCUT2D eigenvalue weighted by Gasteiger charge is -2.21. The number of aryl methyl sites for hydroxylation is 1. The van der Waals surface area contributed by atoms with E-state index in [4.69, 9.17) is 23.2 Å². The topological polar surface area (TPSA) is 104 Å². The SMILES string of the molecule is O=C(O)[C@H](Cc1cncn1Cc1cc(Cl)cc(Cl)c1)N[C@H](CCc1ccccc1)C(=O)O. The maximum atomic E-state index is 11.9. The predicted molar refractivity (Wildman–Crippen MR) is 122 cm³/mol. The van der Waals surface area contributed by atoms with Crippen LogP contribution in [0.4, 0.5) is 0 Å². The van der Waals surface area contributed by atoms with Crippen LogP contribution in [-0.2, 0) is 29.0 Å². The van der Waals surface area contributed by atoms with Crippen LogP contribution in [-0.4, -0.2) is 43.8 Å². The molecule has 0 bridgehead atoms. The predicted octanol–water partition coefficient (Wildman–Crippen LogP) is 3.91. The summed E-state index contributed by atoms with van der Waals surface area (Å²) < 4.78 is 1.79. The van der Waals surface area contributed by atoms with Crippen molar-refractivity contribution in [3.8, 4) is 0 Å². The van der Waals surface area contributed by atoms with Gasteiger partial charge in [-0.25, -0.2) is 4.98 Å². The van der Waals surface area contributed by atoms with Crippen LogP contribution < -0.4 is 5.32 Å². The van der Waals surface area contributed by atoms with E-state index in [2.05, 4.69) is 10.3 Å². The first kappa shape index (κ1) is 23.8. The Kier molecular flexibility index (Phi) is 8.27. The van der Waals surface area contributed by atoms with Gasteiger partial charge in [0.25, 0.3) is 0 Å². The van der Waals surface area contributed by atoms with Crippen molar-refractivity contribution in [1.82, 2.24) is 14.9 Å². The number of benzene rings is 2. The van der Waals surface area contributed by atoms with Crippen molar-refractivity contribution in [2.75, 3.05) is 0 Å². The summed E-state index contributed by atoms with van der Waals surface area (Å²) in [5.41, 5.74) is 2.48.